The van der Waals surface area contributed by atoms with Crippen molar-refractivity contribution in [2.45, 2.75) is 0 Å². The van der Waals surface area contributed by atoms with Crippen molar-refractivity contribution in [3.05, 3.63) is 51.8 Å². The van der Waals surface area contributed by atoms with Crippen molar-refractivity contribution in [1.29, 1.82) is 5.26 Å². The van der Waals surface area contributed by atoms with Crippen LogP contribution in [0.2, 0.25) is 0 Å². The van der Waals surface area contributed by atoms with E-state index in [1.807, 2.05) is 0 Å². The number of rotatable bonds is 3. The van der Waals surface area contributed by atoms with Crippen molar-refractivity contribution in [3.8, 4) is 11.8 Å². The van der Waals surface area contributed by atoms with E-state index in [1.54, 1.807) is 26.4 Å². The molecule has 8 nitrogen and oxygen atoms in total. The van der Waals surface area contributed by atoms with Crippen LogP contribution < -0.4 is 0 Å². The Bertz CT molecular complexity index is 757. The van der Waals surface area contributed by atoms with Gasteiger partial charge in [0.15, 0.2) is 5.69 Å². The second-order valence-electron chi connectivity index (χ2n) is 4.42. The number of carbonyl (C=O) groups is 1. The molecule has 2 aromatic rings. The zero-order chi connectivity index (χ0) is 15.6. The number of carbonyl (C=O) groups excluding carboxylic acids is 1. The molecule has 8 heteroatoms. The van der Waals surface area contributed by atoms with Crippen molar-refractivity contribution in [2.75, 3.05) is 14.1 Å². The first-order valence-corrected chi connectivity index (χ1v) is 5.90. The first kappa shape index (κ1) is 14.2. The fourth-order valence-corrected chi connectivity index (χ4v) is 1.73. The van der Waals surface area contributed by atoms with Crippen LogP contribution in [0.4, 0.5) is 5.69 Å². The van der Waals surface area contributed by atoms with Gasteiger partial charge < -0.3 is 4.90 Å². The van der Waals surface area contributed by atoms with Gasteiger partial charge in [0.2, 0.25) is 0 Å². The van der Waals surface area contributed by atoms with Crippen molar-refractivity contribution in [3.63, 3.8) is 0 Å². The maximum Gasteiger partial charge on any atom is 0.287 e. The number of amides is 1. The maximum absolute atomic E-state index is 11.8. The van der Waals surface area contributed by atoms with Crippen LogP contribution in [0.1, 0.15) is 16.1 Å². The van der Waals surface area contributed by atoms with Gasteiger partial charge in [-0.05, 0) is 18.2 Å². The highest BCUT2D eigenvalue weighted by Gasteiger charge is 2.16. The minimum Gasteiger partial charge on any atom is -0.343 e. The van der Waals surface area contributed by atoms with E-state index in [4.69, 9.17) is 5.26 Å². The predicted molar refractivity (Wildman–Crippen MR) is 73.0 cm³/mol. The molecule has 1 heterocycles. The van der Waals surface area contributed by atoms with Crippen molar-refractivity contribution in [1.82, 2.24) is 14.7 Å². The summed E-state index contributed by atoms with van der Waals surface area (Å²) in [6.45, 7) is 0. The Labute approximate surface area is 120 Å². The zero-order valence-corrected chi connectivity index (χ0v) is 11.3. The Kier molecular flexibility index (Phi) is 3.67. The summed E-state index contributed by atoms with van der Waals surface area (Å²) in [5.74, 6) is -0.254. The van der Waals surface area contributed by atoms with Crippen molar-refractivity contribution < 1.29 is 9.72 Å². The molecule has 106 valence electrons. The molecule has 0 aliphatic rings. The molecule has 0 fully saturated rings. The van der Waals surface area contributed by atoms with Crippen LogP contribution >= 0.6 is 0 Å². The van der Waals surface area contributed by atoms with Crippen molar-refractivity contribution >= 4 is 11.6 Å². The Morgan fingerprint density at radius 2 is 2.14 bits per heavy atom. The van der Waals surface area contributed by atoms with Crippen LogP contribution in [-0.2, 0) is 0 Å². The molecule has 2 rings (SSSR count). The molecule has 0 bridgehead atoms. The second kappa shape index (κ2) is 5.42. The molecule has 0 saturated carbocycles. The van der Waals surface area contributed by atoms with Gasteiger partial charge in [-0.25, -0.2) is 4.68 Å². The van der Waals surface area contributed by atoms with Gasteiger partial charge >= 0.3 is 0 Å². The lowest BCUT2D eigenvalue weighted by molar-refractivity contribution is -0.385. The topological polar surface area (TPSA) is 105 Å². The van der Waals surface area contributed by atoms with Crippen LogP contribution in [-0.4, -0.2) is 39.6 Å². The third-order valence-electron chi connectivity index (χ3n) is 2.78. The smallest absolute Gasteiger partial charge is 0.287 e. The molecule has 0 aliphatic heterocycles. The third-order valence-corrected chi connectivity index (χ3v) is 2.78. The molecule has 0 atom stereocenters. The Morgan fingerprint density at radius 3 is 2.71 bits per heavy atom. The first-order valence-electron chi connectivity index (χ1n) is 5.90. The average Bonchev–Trinajstić information content (AvgIpc) is 2.95. The van der Waals surface area contributed by atoms with Crippen LogP contribution in [0.25, 0.3) is 5.69 Å². The summed E-state index contributed by atoms with van der Waals surface area (Å²) in [6, 6.07) is 7.38. The maximum atomic E-state index is 11.8. The molecule has 0 spiro atoms. The molecule has 1 aromatic carbocycles. The average molecular weight is 285 g/mol. The molecule has 1 aromatic heterocycles. The molecule has 1 amide bonds. The summed E-state index contributed by atoms with van der Waals surface area (Å²) in [5.41, 5.74) is 0.387. The highest BCUT2D eigenvalue weighted by molar-refractivity contribution is 5.91. The highest BCUT2D eigenvalue weighted by atomic mass is 16.6. The normalized spacial score (nSPS) is 9.95. The van der Waals surface area contributed by atoms with Gasteiger partial charge in [0.05, 0.1) is 10.6 Å². The van der Waals surface area contributed by atoms with E-state index in [0.717, 1.165) is 0 Å². The number of benzene rings is 1. The van der Waals surface area contributed by atoms with E-state index >= 15 is 0 Å². The largest absolute Gasteiger partial charge is 0.343 e. The van der Waals surface area contributed by atoms with Gasteiger partial charge in [0.1, 0.15) is 11.6 Å². The van der Waals surface area contributed by atoms with E-state index in [-0.39, 0.29) is 22.9 Å². The third kappa shape index (κ3) is 2.71. The summed E-state index contributed by atoms with van der Waals surface area (Å²) < 4.78 is 1.39. The fourth-order valence-electron chi connectivity index (χ4n) is 1.73. The van der Waals surface area contributed by atoms with Crippen LogP contribution in [0.5, 0.6) is 0 Å². The number of aromatic nitrogens is 2. The minimum atomic E-state index is -0.619. The molecular formula is C13H11N5O3. The molecule has 0 unspecified atom stereocenters. The standard InChI is InChI=1S/C13H11N5O3/c1-16(2)13(19)11-5-6-17(15-11)10-3-4-12(18(20)21)9(7-10)8-14/h3-7H,1-2H3. The summed E-state index contributed by atoms with van der Waals surface area (Å²) in [6.07, 6.45) is 1.55. The molecule has 0 saturated heterocycles. The number of nitro groups is 1. The van der Waals surface area contributed by atoms with Gasteiger partial charge in [-0.3, -0.25) is 14.9 Å². The molecular weight excluding hydrogens is 274 g/mol. The van der Waals surface area contributed by atoms with Crippen LogP contribution in [0.15, 0.2) is 30.5 Å². The number of nitro benzene ring substituents is 1. The molecule has 21 heavy (non-hydrogen) atoms. The number of nitriles is 1. The van der Waals surface area contributed by atoms with E-state index in [0.29, 0.717) is 5.69 Å². The van der Waals surface area contributed by atoms with Gasteiger partial charge in [-0.2, -0.15) is 10.4 Å². The molecule has 0 aliphatic carbocycles. The van der Waals surface area contributed by atoms with Crippen LogP contribution in [0, 0.1) is 21.4 Å². The van der Waals surface area contributed by atoms with E-state index in [9.17, 15) is 14.9 Å². The number of nitrogens with zero attached hydrogens (tertiary/aromatic N) is 5. The molecule has 0 radical (unpaired) electrons. The lowest BCUT2D eigenvalue weighted by Crippen LogP contribution is -2.22. The predicted octanol–water partition coefficient (Wildman–Crippen LogP) is 1.35. The summed E-state index contributed by atoms with van der Waals surface area (Å²) in [4.78, 5) is 23.3. The van der Waals surface area contributed by atoms with E-state index in [2.05, 4.69) is 5.10 Å². The van der Waals surface area contributed by atoms with Crippen molar-refractivity contribution in [2.24, 2.45) is 0 Å². The lowest BCUT2D eigenvalue weighted by atomic mass is 10.2. The van der Waals surface area contributed by atoms with Gasteiger partial charge in [0.25, 0.3) is 11.6 Å². The Morgan fingerprint density at radius 1 is 1.43 bits per heavy atom. The fraction of sp³-hybridized carbons (Fsp3) is 0.154. The monoisotopic (exact) mass is 285 g/mol. The van der Waals surface area contributed by atoms with Crippen LogP contribution in [0.3, 0.4) is 0 Å². The van der Waals surface area contributed by atoms with E-state index < -0.39 is 4.92 Å². The molecule has 0 N–H and O–H groups in total. The summed E-state index contributed by atoms with van der Waals surface area (Å²) in [5, 5.41) is 23.8. The van der Waals surface area contributed by atoms with Gasteiger partial charge in [-0.15, -0.1) is 0 Å². The van der Waals surface area contributed by atoms with Gasteiger partial charge in [-0.1, -0.05) is 0 Å². The lowest BCUT2D eigenvalue weighted by Gasteiger charge is -2.07. The zero-order valence-electron chi connectivity index (χ0n) is 11.3. The Balaban J connectivity index is 2.42. The second-order valence-corrected chi connectivity index (χ2v) is 4.42. The number of hydrogen-bond donors (Lipinski definition) is 0. The quantitative estimate of drug-likeness (QED) is 0.625. The Hall–Kier alpha value is -3.21. The SMILES string of the molecule is CN(C)C(=O)c1ccn(-c2ccc([N+](=O)[O-])c(C#N)c2)n1. The summed E-state index contributed by atoms with van der Waals surface area (Å²) >= 11 is 0. The van der Waals surface area contributed by atoms with E-state index in [1.165, 1.54) is 33.8 Å². The number of hydrogen-bond acceptors (Lipinski definition) is 5. The summed E-state index contributed by atoms with van der Waals surface area (Å²) in [7, 11) is 3.22. The highest BCUT2D eigenvalue weighted by Crippen LogP contribution is 2.21. The first-order chi connectivity index (χ1) is 9.93. The minimum absolute atomic E-state index is 0.0616. The van der Waals surface area contributed by atoms with Gasteiger partial charge in [0, 0.05) is 26.4 Å².